The maximum absolute atomic E-state index is 12.0. The summed E-state index contributed by atoms with van der Waals surface area (Å²) in [7, 11) is 1.60. The van der Waals surface area contributed by atoms with Gasteiger partial charge >= 0.3 is 5.97 Å². The molecule has 8 nitrogen and oxygen atoms in total. The molecule has 3 N–H and O–H groups in total. The van der Waals surface area contributed by atoms with Gasteiger partial charge in [-0.2, -0.15) is 0 Å². The zero-order valence-electron chi connectivity index (χ0n) is 21.3. The third-order valence-corrected chi connectivity index (χ3v) is 6.29. The van der Waals surface area contributed by atoms with Crippen molar-refractivity contribution in [1.82, 2.24) is 10.6 Å². The van der Waals surface area contributed by atoms with Crippen LogP contribution in [0.1, 0.15) is 45.6 Å². The van der Waals surface area contributed by atoms with Gasteiger partial charge in [0.1, 0.15) is 5.75 Å². The summed E-state index contributed by atoms with van der Waals surface area (Å²) in [6.07, 6.45) is 2.97. The lowest BCUT2D eigenvalue weighted by atomic mass is 9.87. The van der Waals surface area contributed by atoms with Crippen LogP contribution in [0.5, 0.6) is 17.2 Å². The second-order valence-corrected chi connectivity index (χ2v) is 8.85. The number of aliphatic carboxylic acids is 1. The molecule has 0 aliphatic heterocycles. The van der Waals surface area contributed by atoms with Gasteiger partial charge in [0.2, 0.25) is 5.91 Å². The number of benzene rings is 2. The molecule has 0 saturated heterocycles. The Hall–Kier alpha value is -3.36. The molecule has 0 aromatic heterocycles. The van der Waals surface area contributed by atoms with Crippen LogP contribution in [-0.2, 0) is 20.9 Å². The molecule has 0 radical (unpaired) electrons. The van der Waals surface area contributed by atoms with Crippen LogP contribution >= 0.6 is 0 Å². The maximum atomic E-state index is 12.0. The highest BCUT2D eigenvalue weighted by Gasteiger charge is 2.37. The largest absolute Gasteiger partial charge is 0.493 e. The van der Waals surface area contributed by atoms with Crippen molar-refractivity contribution >= 4 is 11.9 Å². The molecule has 0 saturated carbocycles. The second kappa shape index (κ2) is 13.1. The Labute approximate surface area is 212 Å². The topological polar surface area (TPSA) is 106 Å². The van der Waals surface area contributed by atoms with Crippen LogP contribution in [0.25, 0.3) is 0 Å². The van der Waals surface area contributed by atoms with Crippen LogP contribution < -0.4 is 20.1 Å². The van der Waals surface area contributed by atoms with E-state index in [0.717, 1.165) is 18.4 Å². The molecule has 8 heteroatoms. The van der Waals surface area contributed by atoms with Crippen molar-refractivity contribution in [1.29, 1.82) is 0 Å². The number of rotatable bonds is 12. The van der Waals surface area contributed by atoms with Gasteiger partial charge in [-0.3, -0.25) is 4.79 Å². The lowest BCUT2D eigenvalue weighted by molar-refractivity contribution is -0.133. The number of carboxylic acid groups (broad SMARTS) is 1. The van der Waals surface area contributed by atoms with Crippen LogP contribution in [-0.4, -0.2) is 48.4 Å². The van der Waals surface area contributed by atoms with Gasteiger partial charge in [-0.1, -0.05) is 38.1 Å². The fourth-order valence-corrected chi connectivity index (χ4v) is 4.32. The van der Waals surface area contributed by atoms with E-state index in [-0.39, 0.29) is 36.1 Å². The van der Waals surface area contributed by atoms with Gasteiger partial charge in [-0.25, -0.2) is 4.79 Å². The number of hydrogen-bond acceptors (Lipinski definition) is 6. The summed E-state index contributed by atoms with van der Waals surface area (Å²) >= 11 is 0. The summed E-state index contributed by atoms with van der Waals surface area (Å²) in [5.41, 5.74) is 1.28. The van der Waals surface area contributed by atoms with Crippen molar-refractivity contribution in [2.24, 2.45) is 0 Å². The molecule has 2 aromatic carbocycles. The average molecular weight is 497 g/mol. The van der Waals surface area contributed by atoms with Crippen molar-refractivity contribution in [3.63, 3.8) is 0 Å². The Morgan fingerprint density at radius 3 is 2.31 bits per heavy atom. The molecule has 194 valence electrons. The Bertz CT molecular complexity index is 1050. The van der Waals surface area contributed by atoms with E-state index in [1.54, 1.807) is 13.2 Å². The van der Waals surface area contributed by atoms with Crippen LogP contribution in [0, 0.1) is 0 Å². The number of para-hydroxylation sites is 2. The summed E-state index contributed by atoms with van der Waals surface area (Å²) in [6, 6.07) is 14.4. The number of ether oxygens (including phenoxy) is 3. The first-order chi connectivity index (χ1) is 17.3. The summed E-state index contributed by atoms with van der Waals surface area (Å²) in [4.78, 5) is 23.8. The maximum Gasteiger partial charge on any atom is 0.331 e. The smallest absolute Gasteiger partial charge is 0.331 e. The van der Waals surface area contributed by atoms with Gasteiger partial charge in [-0.15, -0.1) is 0 Å². The number of carbonyl (C=O) groups excluding carboxylic acids is 1. The number of carbonyl (C=O) groups is 2. The van der Waals surface area contributed by atoms with Gasteiger partial charge in [-0.05, 0) is 55.2 Å². The SMILES string of the molecule is CCC(CC)O[C@@H]1C=C(C(=O)O)C[C@H](NCc2ccc(Oc3ccccc3OC)cc2)[C@H]1NC(C)=O. The van der Waals surface area contributed by atoms with Crippen molar-refractivity contribution in [3.05, 3.63) is 65.7 Å². The molecule has 0 spiro atoms. The molecule has 2 aromatic rings. The molecule has 0 bridgehead atoms. The summed E-state index contributed by atoms with van der Waals surface area (Å²) in [5.74, 6) is 0.792. The standard InChI is InChI=1S/C28H36N2O6/c1-5-21(6-2)35-26-16-20(28(32)33)15-23(27(26)30-18(3)31)29-17-19-11-13-22(14-12-19)36-25-10-8-7-9-24(25)34-4/h7-14,16,21,23,26-27,29H,5-6,15,17H2,1-4H3,(H,30,31)(H,32,33)/t23-,26+,27+/m0/s1. The number of hydrogen-bond donors (Lipinski definition) is 3. The van der Waals surface area contributed by atoms with Gasteiger partial charge < -0.3 is 30.0 Å². The molecule has 0 unspecified atom stereocenters. The van der Waals surface area contributed by atoms with E-state index >= 15 is 0 Å². The molecule has 1 amide bonds. The van der Waals surface area contributed by atoms with Crippen molar-refractivity contribution in [2.75, 3.05) is 7.11 Å². The third kappa shape index (κ3) is 7.32. The molecule has 0 heterocycles. The minimum atomic E-state index is -0.973. The molecular weight excluding hydrogens is 460 g/mol. The van der Waals surface area contributed by atoms with Crippen LogP contribution in [0.3, 0.4) is 0 Å². The van der Waals surface area contributed by atoms with Crippen molar-refractivity contribution in [2.45, 2.75) is 70.9 Å². The Morgan fingerprint density at radius 1 is 1.06 bits per heavy atom. The van der Waals surface area contributed by atoms with E-state index in [4.69, 9.17) is 14.2 Å². The first-order valence-electron chi connectivity index (χ1n) is 12.3. The number of nitrogens with one attached hydrogen (secondary N) is 2. The first kappa shape index (κ1) is 27.2. The van der Waals surface area contributed by atoms with E-state index in [9.17, 15) is 14.7 Å². The van der Waals surface area contributed by atoms with E-state index in [1.807, 2.05) is 62.4 Å². The van der Waals surface area contributed by atoms with Gasteiger partial charge in [0.15, 0.2) is 11.5 Å². The second-order valence-electron chi connectivity index (χ2n) is 8.85. The highest BCUT2D eigenvalue weighted by Crippen LogP contribution is 2.31. The van der Waals surface area contributed by atoms with E-state index in [2.05, 4.69) is 10.6 Å². The Balaban J connectivity index is 1.72. The fraction of sp³-hybridized carbons (Fsp3) is 0.429. The fourth-order valence-electron chi connectivity index (χ4n) is 4.32. The number of amides is 1. The van der Waals surface area contributed by atoms with E-state index in [1.165, 1.54) is 6.92 Å². The number of methoxy groups -OCH3 is 1. The predicted molar refractivity (Wildman–Crippen MR) is 137 cm³/mol. The molecule has 1 aliphatic carbocycles. The van der Waals surface area contributed by atoms with Crippen molar-refractivity contribution in [3.8, 4) is 17.2 Å². The lowest BCUT2D eigenvalue weighted by Gasteiger charge is -2.38. The normalized spacial score (nSPS) is 19.5. The minimum absolute atomic E-state index is 0.0212. The van der Waals surface area contributed by atoms with Crippen LogP contribution in [0.4, 0.5) is 0 Å². The zero-order chi connectivity index (χ0) is 26.1. The zero-order valence-corrected chi connectivity index (χ0v) is 21.3. The minimum Gasteiger partial charge on any atom is -0.493 e. The quantitative estimate of drug-likeness (QED) is 0.399. The molecule has 3 rings (SSSR count). The molecule has 0 fully saturated rings. The van der Waals surface area contributed by atoms with Gasteiger partial charge in [0.05, 0.1) is 25.4 Å². The molecular formula is C28H36N2O6. The summed E-state index contributed by atoms with van der Waals surface area (Å²) < 4.78 is 17.5. The van der Waals surface area contributed by atoms with Crippen LogP contribution in [0.15, 0.2) is 60.2 Å². The highest BCUT2D eigenvalue weighted by atomic mass is 16.5. The summed E-state index contributed by atoms with van der Waals surface area (Å²) in [5, 5.41) is 16.1. The predicted octanol–water partition coefficient (Wildman–Crippen LogP) is 4.44. The first-order valence-corrected chi connectivity index (χ1v) is 12.3. The lowest BCUT2D eigenvalue weighted by Crippen LogP contribution is -2.58. The van der Waals surface area contributed by atoms with E-state index in [0.29, 0.717) is 23.8 Å². The molecule has 1 aliphatic rings. The monoisotopic (exact) mass is 496 g/mol. The highest BCUT2D eigenvalue weighted by molar-refractivity contribution is 5.87. The van der Waals surface area contributed by atoms with E-state index < -0.39 is 12.1 Å². The molecule has 36 heavy (non-hydrogen) atoms. The molecule has 3 atom stereocenters. The van der Waals surface area contributed by atoms with Crippen LogP contribution in [0.2, 0.25) is 0 Å². The van der Waals surface area contributed by atoms with Gasteiger partial charge in [0.25, 0.3) is 0 Å². The Morgan fingerprint density at radius 2 is 1.72 bits per heavy atom. The Kier molecular flexibility index (Phi) is 9.90. The third-order valence-electron chi connectivity index (χ3n) is 6.29. The summed E-state index contributed by atoms with van der Waals surface area (Å²) in [6.45, 7) is 6.01. The van der Waals surface area contributed by atoms with Crippen molar-refractivity contribution < 1.29 is 28.9 Å². The average Bonchev–Trinajstić information content (AvgIpc) is 2.87. The van der Waals surface area contributed by atoms with Gasteiger partial charge in [0, 0.05) is 25.1 Å². The number of carboxylic acids is 1.